The van der Waals surface area contributed by atoms with E-state index in [-0.39, 0.29) is 0 Å². The predicted octanol–water partition coefficient (Wildman–Crippen LogP) is 2.54. The summed E-state index contributed by atoms with van der Waals surface area (Å²) in [5.74, 6) is 0.532. The minimum Gasteiger partial charge on any atom is -0.480 e. The second kappa shape index (κ2) is 4.65. The van der Waals surface area contributed by atoms with Crippen molar-refractivity contribution in [3.8, 4) is 11.9 Å². The zero-order valence-corrected chi connectivity index (χ0v) is 10.6. The van der Waals surface area contributed by atoms with Crippen LogP contribution in [-0.4, -0.2) is 24.2 Å². The summed E-state index contributed by atoms with van der Waals surface area (Å²) in [6.45, 7) is 0. The molecule has 0 unspecified atom stereocenters. The van der Waals surface area contributed by atoms with Crippen LogP contribution < -0.4 is 9.47 Å². The van der Waals surface area contributed by atoms with Gasteiger partial charge in [0.1, 0.15) is 0 Å². The van der Waals surface area contributed by atoms with Gasteiger partial charge in [-0.1, -0.05) is 28.1 Å². The quantitative estimate of drug-likeness (QED) is 0.812. The van der Waals surface area contributed by atoms with Crippen molar-refractivity contribution in [2.45, 2.75) is 5.33 Å². The summed E-state index contributed by atoms with van der Waals surface area (Å²) in [7, 11) is 3.12. The van der Waals surface area contributed by atoms with Crippen LogP contribution in [0.25, 0.3) is 10.9 Å². The molecule has 0 fully saturated rings. The van der Waals surface area contributed by atoms with Crippen molar-refractivity contribution < 1.29 is 9.47 Å². The molecule has 0 amide bonds. The molecule has 4 nitrogen and oxygen atoms in total. The van der Waals surface area contributed by atoms with E-state index in [1.165, 1.54) is 7.11 Å². The molecule has 2 aromatic rings. The molecule has 1 heterocycles. The Morgan fingerprint density at radius 3 is 2.62 bits per heavy atom. The lowest BCUT2D eigenvalue weighted by atomic mass is 10.1. The number of ether oxygens (including phenoxy) is 2. The van der Waals surface area contributed by atoms with E-state index in [1.807, 2.05) is 18.2 Å². The summed E-state index contributed by atoms with van der Waals surface area (Å²) < 4.78 is 10.3. The highest BCUT2D eigenvalue weighted by Crippen LogP contribution is 2.27. The van der Waals surface area contributed by atoms with Crippen molar-refractivity contribution in [3.05, 3.63) is 23.8 Å². The SMILES string of the molecule is COc1nc(OC)c2cccc(CBr)c2n1. The van der Waals surface area contributed by atoms with Crippen molar-refractivity contribution >= 4 is 26.8 Å². The molecule has 84 valence electrons. The van der Waals surface area contributed by atoms with Crippen molar-refractivity contribution in [1.29, 1.82) is 0 Å². The number of hydrogen-bond donors (Lipinski definition) is 0. The molecule has 0 N–H and O–H groups in total. The monoisotopic (exact) mass is 282 g/mol. The Hall–Kier alpha value is -1.36. The molecule has 5 heteroatoms. The van der Waals surface area contributed by atoms with Crippen molar-refractivity contribution in [2.75, 3.05) is 14.2 Å². The van der Waals surface area contributed by atoms with Gasteiger partial charge in [0.2, 0.25) is 5.88 Å². The Balaban J connectivity index is 2.78. The van der Waals surface area contributed by atoms with Crippen LogP contribution in [0.3, 0.4) is 0 Å². The van der Waals surface area contributed by atoms with Crippen LogP contribution >= 0.6 is 15.9 Å². The molecule has 0 radical (unpaired) electrons. The van der Waals surface area contributed by atoms with Gasteiger partial charge in [-0.15, -0.1) is 0 Å². The highest BCUT2D eigenvalue weighted by molar-refractivity contribution is 9.08. The van der Waals surface area contributed by atoms with Gasteiger partial charge in [0.05, 0.1) is 25.1 Å². The van der Waals surface area contributed by atoms with Crippen LogP contribution in [0.5, 0.6) is 11.9 Å². The van der Waals surface area contributed by atoms with Crippen molar-refractivity contribution in [1.82, 2.24) is 9.97 Å². The van der Waals surface area contributed by atoms with Crippen molar-refractivity contribution in [2.24, 2.45) is 0 Å². The fraction of sp³-hybridized carbons (Fsp3) is 0.273. The van der Waals surface area contributed by atoms with E-state index in [9.17, 15) is 0 Å². The van der Waals surface area contributed by atoms with Crippen LogP contribution in [0, 0.1) is 0 Å². The molecule has 16 heavy (non-hydrogen) atoms. The number of alkyl halides is 1. The third-order valence-electron chi connectivity index (χ3n) is 2.27. The number of aromatic nitrogens is 2. The molecular formula is C11H11BrN2O2. The van der Waals surface area contributed by atoms with Crippen LogP contribution in [0.4, 0.5) is 0 Å². The summed E-state index contributed by atoms with van der Waals surface area (Å²) in [6.07, 6.45) is 0. The summed E-state index contributed by atoms with van der Waals surface area (Å²) in [6, 6.07) is 6.21. The maximum atomic E-state index is 5.22. The topological polar surface area (TPSA) is 44.2 Å². The molecule has 1 aromatic heterocycles. The normalized spacial score (nSPS) is 10.4. The summed E-state index contributed by atoms with van der Waals surface area (Å²) in [5, 5.41) is 1.62. The molecule has 0 saturated carbocycles. The van der Waals surface area contributed by atoms with Gasteiger partial charge in [-0.05, 0) is 11.6 Å². The van der Waals surface area contributed by atoms with E-state index >= 15 is 0 Å². The van der Waals surface area contributed by atoms with Crippen LogP contribution in [0.15, 0.2) is 18.2 Å². The third kappa shape index (κ3) is 1.82. The van der Waals surface area contributed by atoms with E-state index in [0.29, 0.717) is 11.9 Å². The van der Waals surface area contributed by atoms with Crippen molar-refractivity contribution in [3.63, 3.8) is 0 Å². The van der Waals surface area contributed by atoms with Crippen LogP contribution in [-0.2, 0) is 5.33 Å². The maximum absolute atomic E-state index is 5.22. The van der Waals surface area contributed by atoms with Gasteiger partial charge >= 0.3 is 6.01 Å². The highest BCUT2D eigenvalue weighted by atomic mass is 79.9. The molecule has 0 aliphatic heterocycles. The maximum Gasteiger partial charge on any atom is 0.320 e. The molecule has 0 aliphatic carbocycles. The first-order valence-corrected chi connectivity index (χ1v) is 5.86. The number of para-hydroxylation sites is 1. The number of hydrogen-bond acceptors (Lipinski definition) is 4. The molecule has 0 aliphatic rings. The number of nitrogens with zero attached hydrogens (tertiary/aromatic N) is 2. The molecule has 2 rings (SSSR count). The van der Waals surface area contributed by atoms with Gasteiger partial charge in [0.15, 0.2) is 0 Å². The van der Waals surface area contributed by atoms with Gasteiger partial charge in [0, 0.05) is 5.33 Å². The minimum absolute atomic E-state index is 0.317. The van der Waals surface area contributed by atoms with E-state index in [1.54, 1.807) is 7.11 Å². The summed E-state index contributed by atoms with van der Waals surface area (Å²) >= 11 is 3.43. The number of methoxy groups -OCH3 is 2. The Labute approximate surface area is 102 Å². The van der Waals surface area contributed by atoms with Crippen LogP contribution in [0.2, 0.25) is 0 Å². The smallest absolute Gasteiger partial charge is 0.320 e. The van der Waals surface area contributed by atoms with E-state index in [2.05, 4.69) is 25.9 Å². The Morgan fingerprint density at radius 2 is 2.00 bits per heavy atom. The lowest BCUT2D eigenvalue weighted by Crippen LogP contribution is -1.98. The fourth-order valence-corrected chi connectivity index (χ4v) is 1.97. The molecule has 0 spiro atoms. The largest absolute Gasteiger partial charge is 0.480 e. The molecule has 0 bridgehead atoms. The summed E-state index contributed by atoms with van der Waals surface area (Å²) in [4.78, 5) is 8.47. The molecule has 1 aromatic carbocycles. The highest BCUT2D eigenvalue weighted by Gasteiger charge is 2.10. The average Bonchev–Trinajstić information content (AvgIpc) is 2.36. The van der Waals surface area contributed by atoms with Gasteiger partial charge in [-0.3, -0.25) is 0 Å². The standard InChI is InChI=1S/C11H11BrN2O2/c1-15-10-8-5-3-4-7(6-12)9(8)13-11(14-10)16-2/h3-5H,6H2,1-2H3. The van der Waals surface area contributed by atoms with E-state index in [0.717, 1.165) is 21.8 Å². The number of halogens is 1. The lowest BCUT2D eigenvalue weighted by molar-refractivity contribution is 0.357. The van der Waals surface area contributed by atoms with Crippen LogP contribution in [0.1, 0.15) is 5.56 Å². The Kier molecular flexibility index (Phi) is 3.24. The predicted molar refractivity (Wildman–Crippen MR) is 65.3 cm³/mol. The first-order chi connectivity index (χ1) is 7.80. The lowest BCUT2D eigenvalue weighted by Gasteiger charge is -2.08. The van der Waals surface area contributed by atoms with Gasteiger partial charge in [-0.2, -0.15) is 9.97 Å². The second-order valence-electron chi connectivity index (χ2n) is 3.17. The second-order valence-corrected chi connectivity index (χ2v) is 3.73. The third-order valence-corrected chi connectivity index (χ3v) is 2.88. The Morgan fingerprint density at radius 1 is 1.19 bits per heavy atom. The Bertz CT molecular complexity index is 517. The summed E-state index contributed by atoms with van der Waals surface area (Å²) in [5.41, 5.74) is 1.93. The molecule has 0 atom stereocenters. The van der Waals surface area contributed by atoms with Gasteiger partial charge < -0.3 is 9.47 Å². The van der Waals surface area contributed by atoms with Gasteiger partial charge in [0.25, 0.3) is 0 Å². The molecular weight excluding hydrogens is 272 g/mol. The zero-order chi connectivity index (χ0) is 11.5. The first-order valence-electron chi connectivity index (χ1n) is 4.73. The molecule has 0 saturated heterocycles. The average molecular weight is 283 g/mol. The number of fused-ring (bicyclic) bond motifs is 1. The van der Waals surface area contributed by atoms with E-state index in [4.69, 9.17) is 9.47 Å². The van der Waals surface area contributed by atoms with E-state index < -0.39 is 0 Å². The fourth-order valence-electron chi connectivity index (χ4n) is 1.52. The first kappa shape index (κ1) is 11.1. The minimum atomic E-state index is 0.317. The number of rotatable bonds is 3. The van der Waals surface area contributed by atoms with Gasteiger partial charge in [-0.25, -0.2) is 0 Å². The zero-order valence-electron chi connectivity index (χ0n) is 9.03. The number of benzene rings is 1.